The molecule has 0 saturated carbocycles. The van der Waals surface area contributed by atoms with Crippen LogP contribution in [0.25, 0.3) is 0 Å². The van der Waals surface area contributed by atoms with E-state index in [0.717, 1.165) is 5.69 Å². The van der Waals surface area contributed by atoms with Crippen LogP contribution in [0.2, 0.25) is 5.15 Å². The average molecular weight is 230 g/mol. The minimum atomic E-state index is 0.132. The van der Waals surface area contributed by atoms with Crippen molar-refractivity contribution in [2.75, 3.05) is 31.7 Å². The molecule has 1 aliphatic rings. The van der Waals surface area contributed by atoms with Crippen LogP contribution in [-0.2, 0) is 9.47 Å². The van der Waals surface area contributed by atoms with Crippen molar-refractivity contribution in [2.24, 2.45) is 0 Å². The summed E-state index contributed by atoms with van der Waals surface area (Å²) in [6, 6.07) is 1.85. The molecule has 1 aliphatic heterocycles. The highest BCUT2D eigenvalue weighted by Crippen LogP contribution is 2.12. The van der Waals surface area contributed by atoms with E-state index >= 15 is 0 Å². The molecule has 6 heteroatoms. The molecule has 2 heterocycles. The molecule has 0 aliphatic carbocycles. The number of ether oxygens (including phenoxy) is 2. The number of nitrogens with zero attached hydrogens (tertiary/aromatic N) is 2. The summed E-state index contributed by atoms with van der Waals surface area (Å²) < 4.78 is 10.7. The topological polar surface area (TPSA) is 56.3 Å². The second-order valence-electron chi connectivity index (χ2n) is 3.26. The van der Waals surface area contributed by atoms with Gasteiger partial charge in [0.05, 0.1) is 44.4 Å². The van der Waals surface area contributed by atoms with Gasteiger partial charge in [0.2, 0.25) is 0 Å². The van der Waals surface area contributed by atoms with Gasteiger partial charge in [-0.25, -0.2) is 0 Å². The Morgan fingerprint density at radius 1 is 1.33 bits per heavy atom. The maximum absolute atomic E-state index is 5.72. The predicted molar refractivity (Wildman–Crippen MR) is 56.1 cm³/mol. The molecule has 5 nitrogen and oxygen atoms in total. The molecule has 0 radical (unpaired) electrons. The van der Waals surface area contributed by atoms with Crippen molar-refractivity contribution in [2.45, 2.75) is 6.04 Å². The lowest BCUT2D eigenvalue weighted by Crippen LogP contribution is -2.28. The molecule has 1 saturated heterocycles. The fraction of sp³-hybridized carbons (Fsp3) is 0.556. The summed E-state index contributed by atoms with van der Waals surface area (Å²) in [7, 11) is 0. The number of rotatable bonds is 2. The van der Waals surface area contributed by atoms with Gasteiger partial charge in [0.25, 0.3) is 0 Å². The Hall–Kier alpha value is -0.910. The maximum Gasteiger partial charge on any atom is 0.153 e. The van der Waals surface area contributed by atoms with E-state index in [0.29, 0.717) is 31.6 Å². The van der Waals surface area contributed by atoms with Crippen LogP contribution in [0.1, 0.15) is 0 Å². The van der Waals surface area contributed by atoms with E-state index in [1.807, 2.05) is 0 Å². The first-order valence-electron chi connectivity index (χ1n) is 4.75. The highest BCUT2D eigenvalue weighted by atomic mass is 35.5. The van der Waals surface area contributed by atoms with Crippen LogP contribution in [0, 0.1) is 0 Å². The molecule has 0 bridgehead atoms. The smallest absolute Gasteiger partial charge is 0.153 e. The van der Waals surface area contributed by atoms with Gasteiger partial charge in [-0.05, 0) is 0 Å². The van der Waals surface area contributed by atoms with Gasteiger partial charge in [-0.3, -0.25) is 0 Å². The summed E-state index contributed by atoms with van der Waals surface area (Å²) in [5.41, 5.74) is 0.828. The summed E-state index contributed by atoms with van der Waals surface area (Å²) in [6.07, 6.45) is 1.62. The Kier molecular flexibility index (Phi) is 3.71. The third-order valence-corrected chi connectivity index (χ3v) is 2.19. The molecule has 1 aromatic rings. The minimum absolute atomic E-state index is 0.132. The van der Waals surface area contributed by atoms with Crippen LogP contribution in [0.4, 0.5) is 5.69 Å². The molecule has 1 N–H and O–H groups in total. The van der Waals surface area contributed by atoms with Crippen molar-refractivity contribution in [3.05, 3.63) is 17.4 Å². The highest BCUT2D eigenvalue weighted by molar-refractivity contribution is 6.29. The highest BCUT2D eigenvalue weighted by Gasteiger charge is 2.12. The number of anilines is 1. The van der Waals surface area contributed by atoms with Gasteiger partial charge in [-0.1, -0.05) is 11.6 Å². The van der Waals surface area contributed by atoms with Crippen LogP contribution >= 0.6 is 11.6 Å². The number of hydrogen-bond acceptors (Lipinski definition) is 5. The Morgan fingerprint density at radius 2 is 2.07 bits per heavy atom. The fourth-order valence-electron chi connectivity index (χ4n) is 1.36. The minimum Gasteiger partial charge on any atom is -0.377 e. The van der Waals surface area contributed by atoms with Crippen molar-refractivity contribution in [3.8, 4) is 0 Å². The summed E-state index contributed by atoms with van der Waals surface area (Å²) in [5, 5.41) is 11.0. The van der Waals surface area contributed by atoms with Crippen molar-refractivity contribution < 1.29 is 9.47 Å². The second-order valence-corrected chi connectivity index (χ2v) is 3.65. The summed E-state index contributed by atoms with van der Waals surface area (Å²) in [6.45, 7) is 2.54. The van der Waals surface area contributed by atoms with E-state index in [1.165, 1.54) is 0 Å². The molecule has 1 fully saturated rings. The fourth-order valence-corrected chi connectivity index (χ4v) is 1.52. The molecule has 82 valence electrons. The molecule has 0 spiro atoms. The van der Waals surface area contributed by atoms with Crippen molar-refractivity contribution >= 4 is 17.3 Å². The first-order valence-corrected chi connectivity index (χ1v) is 5.12. The third-order valence-electron chi connectivity index (χ3n) is 2.01. The average Bonchev–Trinajstić information content (AvgIpc) is 2.46. The van der Waals surface area contributed by atoms with Gasteiger partial charge in [-0.2, -0.15) is 5.10 Å². The maximum atomic E-state index is 5.72. The van der Waals surface area contributed by atoms with E-state index in [1.54, 1.807) is 12.3 Å². The lowest BCUT2D eigenvalue weighted by Gasteiger charge is -2.15. The van der Waals surface area contributed by atoms with E-state index in [-0.39, 0.29) is 6.04 Å². The Labute approximate surface area is 92.7 Å². The SMILES string of the molecule is Clc1cc(NC2COCCOC2)cnn1. The molecule has 0 amide bonds. The van der Waals surface area contributed by atoms with Crippen LogP contribution in [0.5, 0.6) is 0 Å². The number of aromatic nitrogens is 2. The number of nitrogens with one attached hydrogen (secondary N) is 1. The lowest BCUT2D eigenvalue weighted by atomic mass is 10.3. The molecular weight excluding hydrogens is 218 g/mol. The van der Waals surface area contributed by atoms with Crippen LogP contribution in [-0.4, -0.2) is 42.7 Å². The van der Waals surface area contributed by atoms with Crippen LogP contribution < -0.4 is 5.32 Å². The lowest BCUT2D eigenvalue weighted by molar-refractivity contribution is 0.103. The Bertz CT molecular complexity index is 316. The van der Waals surface area contributed by atoms with Gasteiger partial charge < -0.3 is 14.8 Å². The van der Waals surface area contributed by atoms with Gasteiger partial charge in [0.1, 0.15) is 0 Å². The summed E-state index contributed by atoms with van der Waals surface area (Å²) >= 11 is 5.72. The normalized spacial score (nSPS) is 18.5. The van der Waals surface area contributed by atoms with Crippen LogP contribution in [0.15, 0.2) is 12.3 Å². The predicted octanol–water partition coefficient (Wildman–Crippen LogP) is 0.957. The first-order chi connectivity index (χ1) is 7.34. The molecule has 1 aromatic heterocycles. The van der Waals surface area contributed by atoms with E-state index in [9.17, 15) is 0 Å². The number of hydrogen-bond donors (Lipinski definition) is 1. The van der Waals surface area contributed by atoms with E-state index in [4.69, 9.17) is 21.1 Å². The van der Waals surface area contributed by atoms with Gasteiger partial charge in [0.15, 0.2) is 5.15 Å². The second kappa shape index (κ2) is 5.25. The molecule has 0 unspecified atom stereocenters. The first kappa shape index (κ1) is 10.6. The zero-order valence-electron chi connectivity index (χ0n) is 8.15. The van der Waals surface area contributed by atoms with Crippen molar-refractivity contribution in [1.29, 1.82) is 0 Å². The Morgan fingerprint density at radius 3 is 2.73 bits per heavy atom. The molecule has 2 rings (SSSR count). The molecule has 15 heavy (non-hydrogen) atoms. The summed E-state index contributed by atoms with van der Waals surface area (Å²) in [4.78, 5) is 0. The molecule has 0 aromatic carbocycles. The van der Waals surface area contributed by atoms with Crippen molar-refractivity contribution in [1.82, 2.24) is 10.2 Å². The van der Waals surface area contributed by atoms with Gasteiger partial charge in [-0.15, -0.1) is 5.10 Å². The Balaban J connectivity index is 1.95. The number of halogens is 1. The van der Waals surface area contributed by atoms with Crippen LogP contribution in [0.3, 0.4) is 0 Å². The quantitative estimate of drug-likeness (QED) is 0.819. The molecular formula is C9H12ClN3O2. The zero-order chi connectivity index (χ0) is 10.5. The largest absolute Gasteiger partial charge is 0.377 e. The van der Waals surface area contributed by atoms with Crippen molar-refractivity contribution in [3.63, 3.8) is 0 Å². The summed E-state index contributed by atoms with van der Waals surface area (Å²) in [5.74, 6) is 0. The standard InChI is InChI=1S/C9H12ClN3O2/c10-9-3-7(4-11-13-9)12-8-5-14-1-2-15-6-8/h3-4,8H,1-2,5-6H2,(H,12,13). The van der Waals surface area contributed by atoms with E-state index < -0.39 is 0 Å². The zero-order valence-corrected chi connectivity index (χ0v) is 8.91. The van der Waals surface area contributed by atoms with E-state index in [2.05, 4.69) is 15.5 Å². The molecule has 0 atom stereocenters. The van der Waals surface area contributed by atoms with Gasteiger partial charge in [0, 0.05) is 6.07 Å². The van der Waals surface area contributed by atoms with Gasteiger partial charge >= 0.3 is 0 Å². The third kappa shape index (κ3) is 3.30. The monoisotopic (exact) mass is 229 g/mol.